The maximum atomic E-state index is 4.17. The van der Waals surface area contributed by atoms with E-state index in [1.54, 1.807) is 7.05 Å². The highest BCUT2D eigenvalue weighted by molar-refractivity contribution is 5.79. The number of rotatable bonds is 5. The van der Waals surface area contributed by atoms with Crippen molar-refractivity contribution in [3.05, 3.63) is 48.0 Å². The minimum absolute atomic E-state index is 0.733. The van der Waals surface area contributed by atoms with E-state index < -0.39 is 0 Å². The van der Waals surface area contributed by atoms with Gasteiger partial charge in [0.2, 0.25) is 0 Å². The van der Waals surface area contributed by atoms with Crippen LogP contribution in [0.15, 0.2) is 41.9 Å². The summed E-state index contributed by atoms with van der Waals surface area (Å²) in [5.74, 6) is 0.835. The predicted molar refractivity (Wildman–Crippen MR) is 85.0 cm³/mol. The molecule has 2 rings (SSSR count). The largest absolute Gasteiger partial charge is 0.355 e. The summed E-state index contributed by atoms with van der Waals surface area (Å²) in [6.45, 7) is 8.54. The molecular weight excluding hydrogens is 248 g/mol. The Morgan fingerprint density at radius 3 is 2.90 bits per heavy atom. The molecule has 0 aromatic heterocycles. The SMILES string of the molecule is C=CCNC(=NC)NCCN1CCc2ccccc2C1. The van der Waals surface area contributed by atoms with Crippen LogP contribution >= 0.6 is 0 Å². The van der Waals surface area contributed by atoms with E-state index in [2.05, 4.69) is 51.4 Å². The lowest BCUT2D eigenvalue weighted by Crippen LogP contribution is -2.42. The van der Waals surface area contributed by atoms with Crippen LogP contribution in [-0.4, -0.2) is 44.1 Å². The van der Waals surface area contributed by atoms with E-state index in [0.717, 1.165) is 45.1 Å². The van der Waals surface area contributed by atoms with E-state index in [0.29, 0.717) is 0 Å². The molecule has 4 heteroatoms. The molecule has 1 aliphatic rings. The monoisotopic (exact) mass is 272 g/mol. The second-order valence-corrected chi connectivity index (χ2v) is 4.96. The average molecular weight is 272 g/mol. The van der Waals surface area contributed by atoms with Gasteiger partial charge in [-0.1, -0.05) is 30.3 Å². The zero-order chi connectivity index (χ0) is 14.2. The second kappa shape index (κ2) is 7.70. The highest BCUT2D eigenvalue weighted by Crippen LogP contribution is 2.17. The molecule has 0 saturated heterocycles. The standard InChI is InChI=1S/C16H24N4/c1-3-9-18-16(17-2)19-10-12-20-11-8-14-6-4-5-7-15(14)13-20/h3-7H,1,8-13H2,2H3,(H2,17,18,19). The van der Waals surface area contributed by atoms with Gasteiger partial charge < -0.3 is 10.6 Å². The van der Waals surface area contributed by atoms with Gasteiger partial charge in [-0.3, -0.25) is 9.89 Å². The van der Waals surface area contributed by atoms with Crippen LogP contribution in [0.2, 0.25) is 0 Å². The fourth-order valence-corrected chi connectivity index (χ4v) is 2.47. The third kappa shape index (κ3) is 4.10. The van der Waals surface area contributed by atoms with Crippen LogP contribution in [0.25, 0.3) is 0 Å². The Bertz CT molecular complexity index is 467. The highest BCUT2D eigenvalue weighted by Gasteiger charge is 2.14. The van der Waals surface area contributed by atoms with Gasteiger partial charge in [0.25, 0.3) is 0 Å². The third-order valence-corrected chi connectivity index (χ3v) is 3.57. The van der Waals surface area contributed by atoms with Gasteiger partial charge in [-0.25, -0.2) is 0 Å². The van der Waals surface area contributed by atoms with Crippen LogP contribution in [0, 0.1) is 0 Å². The number of guanidine groups is 1. The molecule has 2 N–H and O–H groups in total. The number of hydrogen-bond acceptors (Lipinski definition) is 2. The van der Waals surface area contributed by atoms with E-state index in [1.807, 2.05) is 6.08 Å². The van der Waals surface area contributed by atoms with Crippen LogP contribution in [0.3, 0.4) is 0 Å². The fraction of sp³-hybridized carbons (Fsp3) is 0.438. The molecule has 1 aliphatic heterocycles. The minimum atomic E-state index is 0.733. The molecule has 1 aromatic rings. The van der Waals surface area contributed by atoms with Gasteiger partial charge >= 0.3 is 0 Å². The number of fused-ring (bicyclic) bond motifs is 1. The summed E-state index contributed by atoms with van der Waals surface area (Å²) in [7, 11) is 1.79. The lowest BCUT2D eigenvalue weighted by molar-refractivity contribution is 0.258. The van der Waals surface area contributed by atoms with Gasteiger partial charge in [0, 0.05) is 39.8 Å². The topological polar surface area (TPSA) is 39.7 Å². The van der Waals surface area contributed by atoms with Crippen molar-refractivity contribution in [3.8, 4) is 0 Å². The Morgan fingerprint density at radius 1 is 1.35 bits per heavy atom. The fourth-order valence-electron chi connectivity index (χ4n) is 2.47. The molecule has 0 aliphatic carbocycles. The van der Waals surface area contributed by atoms with Crippen molar-refractivity contribution in [2.75, 3.05) is 33.2 Å². The summed E-state index contributed by atoms with van der Waals surface area (Å²) >= 11 is 0. The summed E-state index contributed by atoms with van der Waals surface area (Å²) in [5.41, 5.74) is 2.97. The predicted octanol–water partition coefficient (Wildman–Crippen LogP) is 1.40. The molecule has 0 amide bonds. The van der Waals surface area contributed by atoms with Gasteiger partial charge in [0.1, 0.15) is 0 Å². The van der Waals surface area contributed by atoms with Gasteiger partial charge in [-0.15, -0.1) is 6.58 Å². The molecule has 4 nitrogen and oxygen atoms in total. The molecule has 0 spiro atoms. The Hall–Kier alpha value is -1.81. The van der Waals surface area contributed by atoms with Crippen LogP contribution in [-0.2, 0) is 13.0 Å². The van der Waals surface area contributed by atoms with Gasteiger partial charge in [0.15, 0.2) is 5.96 Å². The van der Waals surface area contributed by atoms with Crippen molar-refractivity contribution >= 4 is 5.96 Å². The van der Waals surface area contributed by atoms with E-state index in [9.17, 15) is 0 Å². The molecule has 0 fully saturated rings. The zero-order valence-electron chi connectivity index (χ0n) is 12.2. The molecule has 0 saturated carbocycles. The minimum Gasteiger partial charge on any atom is -0.355 e. The van der Waals surface area contributed by atoms with Crippen molar-refractivity contribution in [3.63, 3.8) is 0 Å². The second-order valence-electron chi connectivity index (χ2n) is 4.96. The summed E-state index contributed by atoms with van der Waals surface area (Å²) in [6.07, 6.45) is 2.98. The molecule has 0 radical (unpaired) electrons. The first-order valence-corrected chi connectivity index (χ1v) is 7.18. The van der Waals surface area contributed by atoms with Crippen LogP contribution in [0.1, 0.15) is 11.1 Å². The lowest BCUT2D eigenvalue weighted by Gasteiger charge is -2.28. The molecule has 0 atom stereocenters. The highest BCUT2D eigenvalue weighted by atomic mass is 15.2. The van der Waals surface area contributed by atoms with Crippen molar-refractivity contribution in [1.82, 2.24) is 15.5 Å². The average Bonchev–Trinajstić information content (AvgIpc) is 2.50. The number of hydrogen-bond donors (Lipinski definition) is 2. The number of aliphatic imine (C=N–C) groups is 1. The maximum absolute atomic E-state index is 4.17. The Labute approximate surface area is 121 Å². The third-order valence-electron chi connectivity index (χ3n) is 3.57. The summed E-state index contributed by atoms with van der Waals surface area (Å²) in [5, 5.41) is 6.50. The van der Waals surface area contributed by atoms with E-state index >= 15 is 0 Å². The molecule has 20 heavy (non-hydrogen) atoms. The first-order chi connectivity index (χ1) is 9.83. The van der Waals surface area contributed by atoms with E-state index in [-0.39, 0.29) is 0 Å². The molecule has 0 bridgehead atoms. The quantitative estimate of drug-likeness (QED) is 0.483. The summed E-state index contributed by atoms with van der Waals surface area (Å²) in [6, 6.07) is 8.73. The number of nitrogens with one attached hydrogen (secondary N) is 2. The Morgan fingerprint density at radius 2 is 2.15 bits per heavy atom. The zero-order valence-corrected chi connectivity index (χ0v) is 12.2. The van der Waals surface area contributed by atoms with E-state index in [4.69, 9.17) is 0 Å². The summed E-state index contributed by atoms with van der Waals surface area (Å²) < 4.78 is 0. The van der Waals surface area contributed by atoms with Crippen molar-refractivity contribution < 1.29 is 0 Å². The molecule has 108 valence electrons. The van der Waals surface area contributed by atoms with Gasteiger partial charge in [-0.05, 0) is 17.5 Å². The molecular formula is C16H24N4. The lowest BCUT2D eigenvalue weighted by atomic mass is 10.00. The number of nitrogens with zero attached hydrogens (tertiary/aromatic N) is 2. The number of benzene rings is 1. The van der Waals surface area contributed by atoms with Crippen molar-refractivity contribution in [1.29, 1.82) is 0 Å². The molecule has 0 unspecified atom stereocenters. The van der Waals surface area contributed by atoms with Gasteiger partial charge in [0.05, 0.1) is 0 Å². The first kappa shape index (κ1) is 14.6. The van der Waals surface area contributed by atoms with Crippen LogP contribution in [0.4, 0.5) is 0 Å². The Kier molecular flexibility index (Phi) is 5.62. The normalized spacial score (nSPS) is 15.6. The Balaban J connectivity index is 1.74. The first-order valence-electron chi connectivity index (χ1n) is 7.18. The molecule has 1 aromatic carbocycles. The molecule has 1 heterocycles. The van der Waals surface area contributed by atoms with E-state index in [1.165, 1.54) is 11.1 Å². The summed E-state index contributed by atoms with van der Waals surface area (Å²) in [4.78, 5) is 6.65. The van der Waals surface area contributed by atoms with Crippen LogP contribution in [0.5, 0.6) is 0 Å². The smallest absolute Gasteiger partial charge is 0.191 e. The maximum Gasteiger partial charge on any atom is 0.191 e. The van der Waals surface area contributed by atoms with Crippen LogP contribution < -0.4 is 10.6 Å². The van der Waals surface area contributed by atoms with Crippen molar-refractivity contribution in [2.45, 2.75) is 13.0 Å². The van der Waals surface area contributed by atoms with Gasteiger partial charge in [-0.2, -0.15) is 0 Å². The van der Waals surface area contributed by atoms with Crippen molar-refractivity contribution in [2.24, 2.45) is 4.99 Å².